The third-order valence-corrected chi connectivity index (χ3v) is 0.863. The van der Waals surface area contributed by atoms with Crippen molar-refractivity contribution < 1.29 is 29.2 Å². The maximum absolute atomic E-state index is 9.60. The molecule has 0 aliphatic heterocycles. The Morgan fingerprint density at radius 3 is 1.70 bits per heavy atom. The van der Waals surface area contributed by atoms with Crippen molar-refractivity contribution in [2.24, 2.45) is 0 Å². The summed E-state index contributed by atoms with van der Waals surface area (Å²) in [6, 6.07) is 0. The Bertz CT molecular complexity index is 68.7. The van der Waals surface area contributed by atoms with Gasteiger partial charge in [-0.3, -0.25) is 0 Å². The van der Waals surface area contributed by atoms with Crippen LogP contribution < -0.4 is 0 Å². The minimum Gasteiger partial charge on any atom is -1.00 e. The minimum absolute atomic E-state index is 0. The van der Waals surface area contributed by atoms with Gasteiger partial charge in [-0.15, -0.1) is 0 Å². The van der Waals surface area contributed by atoms with E-state index in [-0.39, 0.29) is 42.3 Å². The average Bonchev–Trinajstić information content (AvgIpc) is 1.35. The van der Waals surface area contributed by atoms with Crippen molar-refractivity contribution in [1.82, 2.24) is 0 Å². The number of hydrogen-bond acceptors (Lipinski definition) is 1. The molecule has 0 saturated heterocycles. The molecule has 0 rings (SSSR count). The smallest absolute Gasteiger partial charge is 1.00 e. The number of carbonyl (C=O) groups is 1. The molecule has 10 heavy (non-hydrogen) atoms. The molecule has 0 atom stereocenters. The number of carboxylic acids is 1. The van der Waals surface area contributed by atoms with Gasteiger partial charge in [0.1, 0.15) is 0 Å². The molecule has 0 aromatic rings. The largest absolute Gasteiger partial charge is 2.00 e. The van der Waals surface area contributed by atoms with Crippen molar-refractivity contribution in [3.8, 4) is 0 Å². The Hall–Kier alpha value is 0.659. The Kier molecular flexibility index (Phi) is 70.2. The summed E-state index contributed by atoms with van der Waals surface area (Å²) in [5.74, 6) is -0.711. The maximum atomic E-state index is 9.60. The first-order chi connectivity index (χ1) is 2.77. The van der Waals surface area contributed by atoms with Gasteiger partial charge in [0.15, 0.2) is 0 Å². The van der Waals surface area contributed by atoms with Crippen LogP contribution in [0.2, 0.25) is 5.25 Å². The summed E-state index contributed by atoms with van der Waals surface area (Å²) >= 11 is 1.84. The van der Waals surface area contributed by atoms with E-state index in [1.807, 2.05) is 16.5 Å². The van der Waals surface area contributed by atoms with Crippen LogP contribution >= 0.6 is 0 Å². The minimum atomic E-state index is -0.711. The van der Waals surface area contributed by atoms with Crippen LogP contribution in [0.25, 0.3) is 0 Å². The van der Waals surface area contributed by atoms with Crippen LogP contribution in [0.3, 0.4) is 0 Å². The van der Waals surface area contributed by atoms with E-state index < -0.39 is 5.97 Å². The van der Waals surface area contributed by atoms with Gasteiger partial charge in [-0.05, 0) is 0 Å². The van der Waals surface area contributed by atoms with E-state index in [9.17, 15) is 4.79 Å². The molecule has 0 aliphatic carbocycles. The van der Waals surface area contributed by atoms with Crippen molar-refractivity contribution in [1.29, 1.82) is 0 Å². The van der Waals surface area contributed by atoms with E-state index in [0.29, 0.717) is 6.42 Å². The molecule has 5 nitrogen and oxygen atoms in total. The summed E-state index contributed by atoms with van der Waals surface area (Å²) in [5.41, 5.74) is 0. The molecule has 7 N–H and O–H groups in total. The summed E-state index contributed by atoms with van der Waals surface area (Å²) in [6.07, 6.45) is 0.292. The standard InChI is InChI=1S/C3H5GeO2.Mg.3H2O.2H/c4-2-1-3(5)6;;;;;;/h1-2H2,(H,5,6);;3*1H2;;/q;+2;;;;2*-1. The Balaban J connectivity index is -0.00000000833. The SMILES string of the molecule is O.O.O.O=C(O)C[CH2][Ge].[H-].[H-].[Mg+2]. The van der Waals surface area contributed by atoms with Gasteiger partial charge in [-0.2, -0.15) is 0 Å². The number of rotatable bonds is 2. The van der Waals surface area contributed by atoms with Crippen LogP contribution in [0.4, 0.5) is 0 Å². The van der Waals surface area contributed by atoms with Gasteiger partial charge in [0.2, 0.25) is 0 Å². The van der Waals surface area contributed by atoms with Crippen LogP contribution in [0.1, 0.15) is 9.27 Å². The summed E-state index contributed by atoms with van der Waals surface area (Å²) in [5, 5.41) is 8.64. The molecular weight excluding hydrogens is 213 g/mol. The first kappa shape index (κ1) is 31.1. The second-order valence-corrected chi connectivity index (χ2v) is 1.94. The molecular formula is C3H13GeMgO5. The van der Waals surface area contributed by atoms with Crippen LogP contribution in [-0.4, -0.2) is 67.1 Å². The zero-order valence-electron chi connectivity index (χ0n) is 7.48. The van der Waals surface area contributed by atoms with Gasteiger partial charge in [-0.25, -0.2) is 0 Å². The molecule has 0 spiro atoms. The molecule has 0 bridgehead atoms. The fourth-order valence-electron chi connectivity index (χ4n) is 0.107. The molecule has 0 unspecified atom stereocenters. The Morgan fingerprint density at radius 1 is 1.40 bits per heavy atom. The van der Waals surface area contributed by atoms with Gasteiger partial charge in [-0.1, -0.05) is 0 Å². The molecule has 61 valence electrons. The van der Waals surface area contributed by atoms with Gasteiger partial charge in [0.25, 0.3) is 0 Å². The summed E-state index contributed by atoms with van der Waals surface area (Å²) in [4.78, 5) is 9.60. The van der Waals surface area contributed by atoms with Crippen molar-refractivity contribution in [3.63, 3.8) is 0 Å². The first-order valence-corrected chi connectivity index (χ1v) is 3.12. The van der Waals surface area contributed by atoms with Crippen LogP contribution in [0.15, 0.2) is 0 Å². The first-order valence-electron chi connectivity index (χ1n) is 1.63. The number of carboxylic acid groups (broad SMARTS) is 1. The molecule has 0 aliphatic rings. The van der Waals surface area contributed by atoms with E-state index in [0.717, 1.165) is 5.25 Å². The van der Waals surface area contributed by atoms with E-state index in [1.54, 1.807) is 0 Å². The van der Waals surface area contributed by atoms with E-state index in [4.69, 9.17) is 5.11 Å². The second kappa shape index (κ2) is 22.6. The quantitative estimate of drug-likeness (QED) is 0.518. The predicted molar refractivity (Wildman–Crippen MR) is 41.6 cm³/mol. The monoisotopic (exact) mass is 227 g/mol. The van der Waals surface area contributed by atoms with E-state index in [2.05, 4.69) is 0 Å². The average molecular weight is 226 g/mol. The fraction of sp³-hybridized carbons (Fsp3) is 0.667. The summed E-state index contributed by atoms with van der Waals surface area (Å²) in [7, 11) is 0. The van der Waals surface area contributed by atoms with Gasteiger partial charge < -0.3 is 19.3 Å². The third kappa shape index (κ3) is 37.9. The van der Waals surface area contributed by atoms with Gasteiger partial charge in [0.05, 0.1) is 0 Å². The van der Waals surface area contributed by atoms with E-state index >= 15 is 0 Å². The zero-order chi connectivity index (χ0) is 4.99. The molecule has 0 fully saturated rings. The van der Waals surface area contributed by atoms with Crippen LogP contribution in [0.5, 0.6) is 0 Å². The van der Waals surface area contributed by atoms with Gasteiger partial charge in [0, 0.05) is 0 Å². The number of aliphatic carboxylic acids is 1. The number of hydrogen-bond donors (Lipinski definition) is 1. The van der Waals surface area contributed by atoms with E-state index in [1.165, 1.54) is 0 Å². The van der Waals surface area contributed by atoms with Crippen LogP contribution in [-0.2, 0) is 4.79 Å². The van der Waals surface area contributed by atoms with Crippen molar-refractivity contribution in [2.75, 3.05) is 0 Å². The molecule has 0 heterocycles. The third-order valence-electron chi connectivity index (χ3n) is 0.339. The fourth-order valence-corrected chi connectivity index (χ4v) is 0.556. The molecule has 0 aromatic heterocycles. The molecule has 0 amide bonds. The van der Waals surface area contributed by atoms with Crippen molar-refractivity contribution in [2.45, 2.75) is 11.7 Å². The Labute approximate surface area is 86.5 Å². The molecule has 3 radical (unpaired) electrons. The summed E-state index contributed by atoms with van der Waals surface area (Å²) in [6.45, 7) is 0. The van der Waals surface area contributed by atoms with Crippen molar-refractivity contribution in [3.05, 3.63) is 0 Å². The molecule has 0 saturated carbocycles. The normalized spacial score (nSPS) is 4.90. The maximum Gasteiger partial charge on any atom is 2.00 e. The van der Waals surface area contributed by atoms with Crippen LogP contribution in [0, 0.1) is 0 Å². The zero-order valence-corrected chi connectivity index (χ0v) is 8.99. The second-order valence-electron chi connectivity index (χ2n) is 0.894. The topological polar surface area (TPSA) is 132 Å². The summed E-state index contributed by atoms with van der Waals surface area (Å²) < 4.78 is 0. The molecule has 0 aromatic carbocycles. The molecule has 7 heteroatoms. The predicted octanol–water partition coefficient (Wildman–Crippen LogP) is -2.58. The Morgan fingerprint density at radius 2 is 1.70 bits per heavy atom. The van der Waals surface area contributed by atoms with Crippen molar-refractivity contribution >= 4 is 45.5 Å². The van der Waals surface area contributed by atoms with Gasteiger partial charge >= 0.3 is 67.1 Å².